The van der Waals surface area contributed by atoms with Crippen LogP contribution >= 0.6 is 12.4 Å². The zero-order valence-corrected chi connectivity index (χ0v) is 12.7. The van der Waals surface area contributed by atoms with Crippen molar-refractivity contribution in [1.82, 2.24) is 0 Å². The molecular weight excluding hydrogens is 227 g/mol. The number of unbranched alkanes of at least 4 members (excludes halogenated alkanes) is 3. The van der Waals surface area contributed by atoms with Gasteiger partial charge in [0.25, 0.3) is 0 Å². The molecule has 14 heavy (non-hydrogen) atoms. The molecule has 0 aliphatic heterocycles. The molecule has 1 radical (unpaired) electrons. The van der Waals surface area contributed by atoms with Crippen molar-refractivity contribution >= 4 is 12.4 Å². The van der Waals surface area contributed by atoms with E-state index in [4.69, 9.17) is 0 Å². The number of halogens is 1. The number of hydrogen-bond acceptors (Lipinski definition) is 0. The van der Waals surface area contributed by atoms with E-state index >= 15 is 0 Å². The molecule has 0 nitrogen and oxygen atoms in total. The van der Waals surface area contributed by atoms with Crippen molar-refractivity contribution in [3.05, 3.63) is 20.8 Å². The summed E-state index contributed by atoms with van der Waals surface area (Å²) in [4.78, 5) is 0. The summed E-state index contributed by atoms with van der Waals surface area (Å²) >= 11 is 0. The molecule has 0 fully saturated rings. The molecule has 87 valence electrons. The summed E-state index contributed by atoms with van der Waals surface area (Å²) in [6.07, 6.45) is 6.83. The predicted molar refractivity (Wildman–Crippen MR) is 68.0 cm³/mol. The van der Waals surface area contributed by atoms with Crippen LogP contribution < -0.4 is 0 Å². The Labute approximate surface area is 114 Å². The third kappa shape index (κ3) is 117. The van der Waals surface area contributed by atoms with Crippen molar-refractivity contribution in [2.75, 3.05) is 0 Å². The van der Waals surface area contributed by atoms with E-state index in [1.165, 1.54) is 19.3 Å². The molecule has 0 aromatic carbocycles. The van der Waals surface area contributed by atoms with Crippen molar-refractivity contribution in [2.24, 2.45) is 0 Å². The number of rotatable bonds is 3. The Bertz CT molecular complexity index is 25.8. The summed E-state index contributed by atoms with van der Waals surface area (Å²) in [5.74, 6) is 0. The van der Waals surface area contributed by atoms with Crippen LogP contribution in [0.3, 0.4) is 0 Å². The standard InChI is InChI=1S/3C4H9.ClH.Ti/c3*1-3-4-2;;/h3*1,3-4H2,2H3;1H;/q3*-1;;+3. The quantitative estimate of drug-likeness (QED) is 0.475. The van der Waals surface area contributed by atoms with Gasteiger partial charge >= 0.3 is 21.7 Å². The number of hydrogen-bond donors (Lipinski definition) is 0. The zero-order chi connectivity index (χ0) is 10.2. The second kappa shape index (κ2) is 48.3. The third-order valence-electron chi connectivity index (χ3n) is 1.06. The zero-order valence-electron chi connectivity index (χ0n) is 10.3. The van der Waals surface area contributed by atoms with Crippen molar-refractivity contribution in [2.45, 2.75) is 59.3 Å². The first-order chi connectivity index (χ1) is 5.74. The minimum absolute atomic E-state index is 0. The van der Waals surface area contributed by atoms with Crippen LogP contribution in [0.1, 0.15) is 59.3 Å². The Morgan fingerprint density at radius 2 is 0.714 bits per heavy atom. The van der Waals surface area contributed by atoms with Gasteiger partial charge in [0, 0.05) is 0 Å². The minimum Gasteiger partial charge on any atom is -0.343 e. The molecule has 0 aliphatic carbocycles. The molecule has 0 atom stereocenters. The SMILES string of the molecule is Cl.[CH2-]CCC.[CH2-]CCC.[CH2-]CCC.[Ti+3]. The Morgan fingerprint density at radius 3 is 0.714 bits per heavy atom. The molecule has 0 N–H and O–H groups in total. The molecule has 0 bridgehead atoms. The fraction of sp³-hybridized carbons (Fsp3) is 0.750. The fourth-order valence-corrected chi connectivity index (χ4v) is 0. The van der Waals surface area contributed by atoms with Gasteiger partial charge in [-0.1, -0.05) is 40.0 Å². The van der Waals surface area contributed by atoms with Crippen LogP contribution in [0, 0.1) is 20.8 Å². The van der Waals surface area contributed by atoms with Gasteiger partial charge in [0.2, 0.25) is 0 Å². The topological polar surface area (TPSA) is 0 Å². The second-order valence-electron chi connectivity index (χ2n) is 2.56. The van der Waals surface area contributed by atoms with Gasteiger partial charge in [-0.05, 0) is 0 Å². The monoisotopic (exact) mass is 255 g/mol. The molecule has 0 aromatic heterocycles. The van der Waals surface area contributed by atoms with Gasteiger partial charge in [-0.2, -0.15) is 19.3 Å². The average Bonchev–Trinajstić information content (AvgIpc) is 2.18. The Balaban J connectivity index is -0.0000000270. The van der Waals surface area contributed by atoms with E-state index in [1.807, 2.05) is 0 Å². The van der Waals surface area contributed by atoms with Gasteiger partial charge in [-0.3, -0.25) is 0 Å². The van der Waals surface area contributed by atoms with Crippen molar-refractivity contribution < 1.29 is 21.7 Å². The first kappa shape index (κ1) is 29.4. The average molecular weight is 256 g/mol. The maximum absolute atomic E-state index is 3.60. The first-order valence-corrected chi connectivity index (χ1v) is 5.12. The third-order valence-corrected chi connectivity index (χ3v) is 1.06. The summed E-state index contributed by atoms with van der Waals surface area (Å²) in [6.45, 7) is 17.2. The van der Waals surface area contributed by atoms with Gasteiger partial charge in [0.05, 0.1) is 0 Å². The second-order valence-corrected chi connectivity index (χ2v) is 2.56. The minimum atomic E-state index is 0. The molecule has 0 aliphatic rings. The normalized spacial score (nSPS) is 6.43. The van der Waals surface area contributed by atoms with Crippen LogP contribution in [-0.2, 0) is 21.7 Å². The van der Waals surface area contributed by atoms with Crippen LogP contribution in [0.25, 0.3) is 0 Å². The Kier molecular flexibility index (Phi) is 101. The molecule has 0 heterocycles. The molecule has 0 rings (SSSR count). The summed E-state index contributed by atoms with van der Waals surface area (Å²) in [7, 11) is 0. The molecule has 0 spiro atoms. The van der Waals surface area contributed by atoms with Crippen molar-refractivity contribution in [1.29, 1.82) is 0 Å². The summed E-state index contributed by atoms with van der Waals surface area (Å²) < 4.78 is 0. The van der Waals surface area contributed by atoms with Crippen LogP contribution in [0.5, 0.6) is 0 Å². The van der Waals surface area contributed by atoms with Gasteiger partial charge in [-0.25, -0.2) is 0 Å². The molecule has 2 heteroatoms. The van der Waals surface area contributed by atoms with Crippen molar-refractivity contribution in [3.8, 4) is 0 Å². The van der Waals surface area contributed by atoms with Crippen LogP contribution in [0.4, 0.5) is 0 Å². The largest absolute Gasteiger partial charge is 3.00 e. The van der Waals surface area contributed by atoms with Crippen LogP contribution in [0.15, 0.2) is 0 Å². The van der Waals surface area contributed by atoms with Gasteiger partial charge in [-0.15, -0.1) is 12.4 Å². The van der Waals surface area contributed by atoms with E-state index in [0.29, 0.717) is 0 Å². The molecular formula is C12H28ClTi. The molecule has 0 saturated carbocycles. The summed E-state index contributed by atoms with van der Waals surface area (Å²) in [5, 5.41) is 0. The summed E-state index contributed by atoms with van der Waals surface area (Å²) in [6, 6.07) is 0. The van der Waals surface area contributed by atoms with E-state index in [1.54, 1.807) is 0 Å². The first-order valence-electron chi connectivity index (χ1n) is 5.12. The predicted octanol–water partition coefficient (Wildman–Crippen LogP) is 5.28. The van der Waals surface area contributed by atoms with Gasteiger partial charge < -0.3 is 20.8 Å². The van der Waals surface area contributed by atoms with E-state index in [0.717, 1.165) is 19.3 Å². The van der Waals surface area contributed by atoms with Crippen LogP contribution in [-0.4, -0.2) is 0 Å². The molecule has 0 unspecified atom stereocenters. The Morgan fingerprint density at radius 1 is 0.643 bits per heavy atom. The van der Waals surface area contributed by atoms with Gasteiger partial charge in [0.15, 0.2) is 0 Å². The smallest absolute Gasteiger partial charge is 0.343 e. The Hall–Kier alpha value is 1.00. The van der Waals surface area contributed by atoms with E-state index in [9.17, 15) is 0 Å². The van der Waals surface area contributed by atoms with Crippen molar-refractivity contribution in [3.63, 3.8) is 0 Å². The van der Waals surface area contributed by atoms with E-state index in [2.05, 4.69) is 41.5 Å². The van der Waals surface area contributed by atoms with E-state index in [-0.39, 0.29) is 34.1 Å². The maximum Gasteiger partial charge on any atom is 3.00 e. The summed E-state index contributed by atoms with van der Waals surface area (Å²) in [5.41, 5.74) is 0. The van der Waals surface area contributed by atoms with Gasteiger partial charge in [0.1, 0.15) is 0 Å². The molecule has 0 saturated heterocycles. The molecule has 0 aromatic rings. The van der Waals surface area contributed by atoms with E-state index < -0.39 is 0 Å². The fourth-order valence-electron chi connectivity index (χ4n) is 0. The molecule has 0 amide bonds. The van der Waals surface area contributed by atoms with Crippen LogP contribution in [0.2, 0.25) is 0 Å². The maximum atomic E-state index is 3.60.